The molecule has 0 radical (unpaired) electrons. The van der Waals surface area contributed by atoms with Crippen LogP contribution in [0.3, 0.4) is 0 Å². The van der Waals surface area contributed by atoms with E-state index in [-0.39, 0.29) is 0 Å². The minimum absolute atomic E-state index is 0.520. The quantitative estimate of drug-likeness (QED) is 0.857. The minimum atomic E-state index is -0.520. The Morgan fingerprint density at radius 2 is 2.05 bits per heavy atom. The van der Waals surface area contributed by atoms with Gasteiger partial charge in [0.05, 0.1) is 6.10 Å². The van der Waals surface area contributed by atoms with E-state index in [1.165, 1.54) is 32.1 Å². The van der Waals surface area contributed by atoms with Crippen molar-refractivity contribution >= 4 is 11.6 Å². The Labute approximate surface area is 121 Å². The summed E-state index contributed by atoms with van der Waals surface area (Å²) in [6.07, 6.45) is 5.90. The number of rotatable bonds is 5. The number of aliphatic hydroxyl groups excluding tert-OH is 1. The molecule has 1 aromatic rings. The summed E-state index contributed by atoms with van der Waals surface area (Å²) in [5.41, 5.74) is 0.820. The first-order chi connectivity index (χ1) is 9.22. The fourth-order valence-corrected chi connectivity index (χ4v) is 3.35. The van der Waals surface area contributed by atoms with Crippen LogP contribution in [-0.2, 0) is 0 Å². The average Bonchev–Trinajstić information content (AvgIpc) is 2.45. The molecular weight excluding hydrogens is 258 g/mol. The second-order valence-electron chi connectivity index (χ2n) is 5.50. The molecule has 0 aliphatic heterocycles. The van der Waals surface area contributed by atoms with E-state index in [0.717, 1.165) is 11.5 Å². The monoisotopic (exact) mass is 281 g/mol. The van der Waals surface area contributed by atoms with Crippen molar-refractivity contribution < 1.29 is 5.11 Å². The van der Waals surface area contributed by atoms with Crippen LogP contribution < -0.4 is 5.32 Å². The third-order valence-corrected chi connectivity index (χ3v) is 4.62. The highest BCUT2D eigenvalue weighted by Crippen LogP contribution is 2.28. The topological polar surface area (TPSA) is 32.3 Å². The Morgan fingerprint density at radius 1 is 1.32 bits per heavy atom. The van der Waals surface area contributed by atoms with Crippen molar-refractivity contribution in [3.8, 4) is 0 Å². The average molecular weight is 282 g/mol. The maximum absolute atomic E-state index is 10.2. The van der Waals surface area contributed by atoms with E-state index in [9.17, 15) is 5.11 Å². The van der Waals surface area contributed by atoms with Gasteiger partial charge in [-0.2, -0.15) is 0 Å². The van der Waals surface area contributed by atoms with Gasteiger partial charge in [0.2, 0.25) is 0 Å². The van der Waals surface area contributed by atoms with Crippen LogP contribution in [0.25, 0.3) is 0 Å². The first-order valence-electron chi connectivity index (χ1n) is 7.38. The SMILES string of the molecule is CCC1CCCCC1NCC(O)c1ccccc1Cl. The van der Waals surface area contributed by atoms with E-state index in [1.807, 2.05) is 24.3 Å². The van der Waals surface area contributed by atoms with Gasteiger partial charge < -0.3 is 10.4 Å². The number of benzene rings is 1. The summed E-state index contributed by atoms with van der Waals surface area (Å²) in [6.45, 7) is 2.85. The Bertz CT molecular complexity index is 396. The van der Waals surface area contributed by atoms with Crippen LogP contribution in [-0.4, -0.2) is 17.7 Å². The molecule has 0 spiro atoms. The maximum Gasteiger partial charge on any atom is 0.0928 e. The molecule has 0 heterocycles. The smallest absolute Gasteiger partial charge is 0.0928 e. The zero-order valence-corrected chi connectivity index (χ0v) is 12.4. The van der Waals surface area contributed by atoms with Gasteiger partial charge in [-0.1, -0.05) is 56.0 Å². The van der Waals surface area contributed by atoms with E-state index in [0.29, 0.717) is 17.6 Å². The van der Waals surface area contributed by atoms with E-state index in [4.69, 9.17) is 11.6 Å². The fraction of sp³-hybridized carbons (Fsp3) is 0.625. The Hall–Kier alpha value is -0.570. The highest BCUT2D eigenvalue weighted by molar-refractivity contribution is 6.31. The molecule has 0 bridgehead atoms. The van der Waals surface area contributed by atoms with Crippen LogP contribution in [0.2, 0.25) is 5.02 Å². The minimum Gasteiger partial charge on any atom is -0.387 e. The zero-order chi connectivity index (χ0) is 13.7. The molecule has 3 atom stereocenters. The number of hydrogen-bond acceptors (Lipinski definition) is 2. The summed E-state index contributed by atoms with van der Waals surface area (Å²) in [5, 5.41) is 14.4. The summed E-state index contributed by atoms with van der Waals surface area (Å²) < 4.78 is 0. The molecule has 3 unspecified atom stereocenters. The van der Waals surface area contributed by atoms with Gasteiger partial charge in [-0.3, -0.25) is 0 Å². The molecule has 2 N–H and O–H groups in total. The van der Waals surface area contributed by atoms with Gasteiger partial charge in [0, 0.05) is 23.2 Å². The van der Waals surface area contributed by atoms with Crippen LogP contribution in [0, 0.1) is 5.92 Å². The van der Waals surface area contributed by atoms with Gasteiger partial charge in [0.15, 0.2) is 0 Å². The number of halogens is 1. The summed E-state index contributed by atoms with van der Waals surface area (Å²) in [4.78, 5) is 0. The molecule has 2 nitrogen and oxygen atoms in total. The standard InChI is InChI=1S/C16H24ClNO/c1-2-12-7-3-6-10-15(12)18-11-16(19)13-8-4-5-9-14(13)17/h4-5,8-9,12,15-16,18-19H,2-3,6-7,10-11H2,1H3. The van der Waals surface area contributed by atoms with Gasteiger partial charge in [0.1, 0.15) is 0 Å². The molecule has 1 fully saturated rings. The van der Waals surface area contributed by atoms with Crippen LogP contribution in [0.1, 0.15) is 50.7 Å². The van der Waals surface area contributed by atoms with Gasteiger partial charge in [-0.05, 0) is 24.8 Å². The van der Waals surface area contributed by atoms with Crippen molar-refractivity contribution in [1.29, 1.82) is 0 Å². The summed E-state index contributed by atoms with van der Waals surface area (Å²) >= 11 is 6.11. The van der Waals surface area contributed by atoms with Crippen molar-refractivity contribution in [2.75, 3.05) is 6.54 Å². The molecule has 1 aliphatic carbocycles. The van der Waals surface area contributed by atoms with Crippen LogP contribution in [0.15, 0.2) is 24.3 Å². The lowest BCUT2D eigenvalue weighted by Gasteiger charge is -2.32. The second-order valence-corrected chi connectivity index (χ2v) is 5.91. The van der Waals surface area contributed by atoms with E-state index < -0.39 is 6.10 Å². The molecule has 1 aromatic carbocycles. The van der Waals surface area contributed by atoms with Crippen molar-refractivity contribution in [2.45, 2.75) is 51.2 Å². The molecular formula is C16H24ClNO. The largest absolute Gasteiger partial charge is 0.387 e. The molecule has 19 heavy (non-hydrogen) atoms. The van der Waals surface area contributed by atoms with E-state index >= 15 is 0 Å². The number of aliphatic hydroxyl groups is 1. The number of nitrogens with one attached hydrogen (secondary N) is 1. The zero-order valence-electron chi connectivity index (χ0n) is 11.6. The fourth-order valence-electron chi connectivity index (χ4n) is 3.08. The number of hydrogen-bond donors (Lipinski definition) is 2. The first kappa shape index (κ1) is 14.8. The Morgan fingerprint density at radius 3 is 2.79 bits per heavy atom. The van der Waals surface area contributed by atoms with Gasteiger partial charge in [-0.15, -0.1) is 0 Å². The van der Waals surface area contributed by atoms with E-state index in [1.54, 1.807) is 0 Å². The Kier molecular flexibility index (Phi) is 5.68. The lowest BCUT2D eigenvalue weighted by atomic mass is 9.83. The Balaban J connectivity index is 1.89. The van der Waals surface area contributed by atoms with Crippen LogP contribution >= 0.6 is 11.6 Å². The summed E-state index contributed by atoms with van der Waals surface area (Å²) in [7, 11) is 0. The van der Waals surface area contributed by atoms with Gasteiger partial charge >= 0.3 is 0 Å². The molecule has 0 amide bonds. The van der Waals surface area contributed by atoms with Gasteiger partial charge in [-0.25, -0.2) is 0 Å². The molecule has 0 saturated heterocycles. The van der Waals surface area contributed by atoms with Crippen molar-refractivity contribution in [3.63, 3.8) is 0 Å². The molecule has 1 aliphatic rings. The molecule has 1 saturated carbocycles. The first-order valence-corrected chi connectivity index (χ1v) is 7.76. The lowest BCUT2D eigenvalue weighted by Crippen LogP contribution is -2.40. The molecule has 3 heteroatoms. The normalized spacial score (nSPS) is 25.2. The predicted octanol–water partition coefficient (Wildman–Crippen LogP) is 3.93. The van der Waals surface area contributed by atoms with Gasteiger partial charge in [0.25, 0.3) is 0 Å². The molecule has 106 valence electrons. The van der Waals surface area contributed by atoms with Crippen LogP contribution in [0.5, 0.6) is 0 Å². The molecule has 2 rings (SSSR count). The highest BCUT2D eigenvalue weighted by atomic mass is 35.5. The van der Waals surface area contributed by atoms with E-state index in [2.05, 4.69) is 12.2 Å². The highest BCUT2D eigenvalue weighted by Gasteiger charge is 2.24. The van der Waals surface area contributed by atoms with Crippen molar-refractivity contribution in [2.24, 2.45) is 5.92 Å². The second kappa shape index (κ2) is 7.28. The van der Waals surface area contributed by atoms with Crippen LogP contribution in [0.4, 0.5) is 0 Å². The third-order valence-electron chi connectivity index (χ3n) is 4.27. The summed E-state index contributed by atoms with van der Waals surface area (Å²) in [5.74, 6) is 0.757. The summed E-state index contributed by atoms with van der Waals surface area (Å²) in [6, 6.07) is 8.08. The molecule has 0 aromatic heterocycles. The van der Waals surface area contributed by atoms with Crippen molar-refractivity contribution in [1.82, 2.24) is 5.32 Å². The van der Waals surface area contributed by atoms with Crippen molar-refractivity contribution in [3.05, 3.63) is 34.9 Å². The predicted molar refractivity (Wildman–Crippen MR) is 80.5 cm³/mol. The maximum atomic E-state index is 10.2. The third kappa shape index (κ3) is 3.95. The lowest BCUT2D eigenvalue weighted by molar-refractivity contribution is 0.154.